The summed E-state index contributed by atoms with van der Waals surface area (Å²) in [5.74, 6) is 0.422. The van der Waals surface area contributed by atoms with Crippen molar-refractivity contribution in [1.29, 1.82) is 0 Å². The second-order valence-corrected chi connectivity index (χ2v) is 6.65. The highest BCUT2D eigenvalue weighted by Gasteiger charge is 2.28. The van der Waals surface area contributed by atoms with Gasteiger partial charge in [0.15, 0.2) is 0 Å². The van der Waals surface area contributed by atoms with Gasteiger partial charge in [0.25, 0.3) is 0 Å². The van der Waals surface area contributed by atoms with E-state index in [4.69, 9.17) is 34.8 Å². The molecule has 0 fully saturated rings. The second kappa shape index (κ2) is 5.97. The fourth-order valence-corrected chi connectivity index (χ4v) is 3.86. The van der Waals surface area contributed by atoms with Crippen molar-refractivity contribution in [3.63, 3.8) is 0 Å². The average Bonchev–Trinajstić information content (AvgIpc) is 2.45. The van der Waals surface area contributed by atoms with E-state index in [9.17, 15) is 0 Å². The van der Waals surface area contributed by atoms with Crippen molar-refractivity contribution >= 4 is 34.8 Å². The Labute approximate surface area is 134 Å². The standard InChI is InChI=1S/C17H15Cl3/c18-14-8-7-12(16(19)10-14)9-13-6-5-11-3-1-2-4-15(11)17(13)20/h1-4,7-8,10,13,17H,5-6,9H2. The number of alkyl halides is 1. The van der Waals surface area contributed by atoms with Crippen molar-refractivity contribution in [2.45, 2.75) is 24.6 Å². The first-order chi connectivity index (χ1) is 9.65. The third-order valence-electron chi connectivity index (χ3n) is 4.05. The lowest BCUT2D eigenvalue weighted by Crippen LogP contribution is -2.19. The molecule has 0 radical (unpaired) electrons. The Hall–Kier alpha value is -0.690. The van der Waals surface area contributed by atoms with Crippen molar-refractivity contribution in [3.05, 3.63) is 69.2 Å². The monoisotopic (exact) mass is 324 g/mol. The van der Waals surface area contributed by atoms with E-state index in [0.717, 1.165) is 29.8 Å². The summed E-state index contributed by atoms with van der Waals surface area (Å²) in [6, 6.07) is 14.2. The molecule has 0 nitrogen and oxygen atoms in total. The largest absolute Gasteiger partial charge is 0.117 e. The van der Waals surface area contributed by atoms with E-state index < -0.39 is 0 Å². The molecule has 0 spiro atoms. The fourth-order valence-electron chi connectivity index (χ4n) is 2.95. The minimum atomic E-state index is 0.0618. The molecule has 2 aromatic rings. The van der Waals surface area contributed by atoms with E-state index in [2.05, 4.69) is 24.3 Å². The quantitative estimate of drug-likeness (QED) is 0.587. The van der Waals surface area contributed by atoms with Gasteiger partial charge in [-0.2, -0.15) is 0 Å². The predicted molar refractivity (Wildman–Crippen MR) is 87.0 cm³/mol. The van der Waals surface area contributed by atoms with E-state index >= 15 is 0 Å². The van der Waals surface area contributed by atoms with Crippen LogP contribution in [-0.2, 0) is 12.8 Å². The number of rotatable bonds is 2. The maximum absolute atomic E-state index is 6.68. The fraction of sp³-hybridized carbons (Fsp3) is 0.294. The van der Waals surface area contributed by atoms with Gasteiger partial charge >= 0.3 is 0 Å². The lowest BCUT2D eigenvalue weighted by atomic mass is 9.80. The first-order valence-corrected chi connectivity index (χ1v) is 8.00. The van der Waals surface area contributed by atoms with E-state index in [1.54, 1.807) is 6.07 Å². The molecule has 104 valence electrons. The van der Waals surface area contributed by atoms with Crippen molar-refractivity contribution in [2.24, 2.45) is 5.92 Å². The normalized spacial score (nSPS) is 21.6. The Kier molecular flexibility index (Phi) is 4.26. The summed E-state index contributed by atoms with van der Waals surface area (Å²) in [6.45, 7) is 0. The van der Waals surface area contributed by atoms with Crippen LogP contribution in [0, 0.1) is 5.92 Å². The molecule has 0 aliphatic heterocycles. The number of aryl methyl sites for hydroxylation is 1. The van der Waals surface area contributed by atoms with Crippen LogP contribution in [0.3, 0.4) is 0 Å². The van der Waals surface area contributed by atoms with Gasteiger partial charge in [0.05, 0.1) is 5.38 Å². The Bertz CT molecular complexity index is 621. The first kappa shape index (κ1) is 14.3. The van der Waals surface area contributed by atoms with Crippen LogP contribution in [0.2, 0.25) is 10.0 Å². The van der Waals surface area contributed by atoms with Crippen LogP contribution in [0.15, 0.2) is 42.5 Å². The maximum Gasteiger partial charge on any atom is 0.0619 e. The molecule has 0 heterocycles. The number of fused-ring (bicyclic) bond motifs is 1. The van der Waals surface area contributed by atoms with Gasteiger partial charge in [-0.25, -0.2) is 0 Å². The molecular formula is C17H15Cl3. The topological polar surface area (TPSA) is 0 Å². The molecule has 1 aliphatic carbocycles. The zero-order valence-electron chi connectivity index (χ0n) is 11.0. The number of hydrogen-bond donors (Lipinski definition) is 0. The van der Waals surface area contributed by atoms with Gasteiger partial charge in [-0.1, -0.05) is 53.5 Å². The number of halogens is 3. The van der Waals surface area contributed by atoms with Gasteiger partial charge in [-0.05, 0) is 54.0 Å². The second-order valence-electron chi connectivity index (χ2n) is 5.34. The van der Waals surface area contributed by atoms with E-state index in [1.807, 2.05) is 12.1 Å². The van der Waals surface area contributed by atoms with E-state index in [-0.39, 0.29) is 5.38 Å². The van der Waals surface area contributed by atoms with E-state index in [1.165, 1.54) is 11.1 Å². The first-order valence-electron chi connectivity index (χ1n) is 6.81. The Morgan fingerprint density at radius 1 is 1.05 bits per heavy atom. The van der Waals surface area contributed by atoms with Crippen LogP contribution in [-0.4, -0.2) is 0 Å². The van der Waals surface area contributed by atoms with Crippen molar-refractivity contribution < 1.29 is 0 Å². The van der Waals surface area contributed by atoms with Crippen molar-refractivity contribution in [3.8, 4) is 0 Å². The SMILES string of the molecule is Clc1ccc(CC2CCc3ccccc3C2Cl)c(Cl)c1. The molecule has 0 amide bonds. The maximum atomic E-state index is 6.68. The Morgan fingerprint density at radius 2 is 1.85 bits per heavy atom. The third-order valence-corrected chi connectivity index (χ3v) is 5.23. The molecular weight excluding hydrogens is 311 g/mol. The summed E-state index contributed by atoms with van der Waals surface area (Å²) < 4.78 is 0. The summed E-state index contributed by atoms with van der Waals surface area (Å²) in [6.07, 6.45) is 3.10. The minimum Gasteiger partial charge on any atom is -0.117 e. The minimum absolute atomic E-state index is 0.0618. The third kappa shape index (κ3) is 2.83. The summed E-state index contributed by atoms with van der Waals surface area (Å²) >= 11 is 18.9. The van der Waals surface area contributed by atoms with Crippen LogP contribution in [0.1, 0.15) is 28.5 Å². The zero-order valence-corrected chi connectivity index (χ0v) is 13.2. The van der Waals surface area contributed by atoms with Crippen LogP contribution in [0.25, 0.3) is 0 Å². The highest BCUT2D eigenvalue weighted by Crippen LogP contribution is 2.41. The molecule has 0 saturated carbocycles. The highest BCUT2D eigenvalue weighted by atomic mass is 35.5. The van der Waals surface area contributed by atoms with Gasteiger partial charge in [0.2, 0.25) is 0 Å². The lowest BCUT2D eigenvalue weighted by molar-refractivity contribution is 0.442. The average molecular weight is 326 g/mol. The molecule has 0 bridgehead atoms. The zero-order chi connectivity index (χ0) is 14.1. The highest BCUT2D eigenvalue weighted by molar-refractivity contribution is 6.35. The Balaban J connectivity index is 1.83. The summed E-state index contributed by atoms with van der Waals surface area (Å²) in [5, 5.41) is 1.47. The van der Waals surface area contributed by atoms with Crippen LogP contribution in [0.4, 0.5) is 0 Å². The van der Waals surface area contributed by atoms with Crippen LogP contribution < -0.4 is 0 Å². The smallest absolute Gasteiger partial charge is 0.0619 e. The van der Waals surface area contributed by atoms with Gasteiger partial charge in [0, 0.05) is 10.0 Å². The molecule has 0 aromatic heterocycles. The van der Waals surface area contributed by atoms with Crippen LogP contribution >= 0.6 is 34.8 Å². The summed E-state index contributed by atoms with van der Waals surface area (Å²) in [7, 11) is 0. The molecule has 1 aliphatic rings. The summed E-state index contributed by atoms with van der Waals surface area (Å²) in [5.41, 5.74) is 3.78. The Morgan fingerprint density at radius 3 is 2.65 bits per heavy atom. The van der Waals surface area contributed by atoms with Gasteiger partial charge < -0.3 is 0 Å². The van der Waals surface area contributed by atoms with Crippen molar-refractivity contribution in [1.82, 2.24) is 0 Å². The summed E-state index contributed by atoms with van der Waals surface area (Å²) in [4.78, 5) is 0. The van der Waals surface area contributed by atoms with Gasteiger partial charge in [0.1, 0.15) is 0 Å². The molecule has 2 aromatic carbocycles. The number of benzene rings is 2. The lowest BCUT2D eigenvalue weighted by Gasteiger charge is -2.30. The van der Waals surface area contributed by atoms with Gasteiger partial charge in [-0.15, -0.1) is 11.6 Å². The molecule has 0 saturated heterocycles. The van der Waals surface area contributed by atoms with Crippen molar-refractivity contribution in [2.75, 3.05) is 0 Å². The molecule has 2 atom stereocenters. The predicted octanol–water partition coefficient (Wildman–Crippen LogP) is 6.08. The molecule has 0 N–H and O–H groups in total. The van der Waals surface area contributed by atoms with Crippen LogP contribution in [0.5, 0.6) is 0 Å². The number of hydrogen-bond acceptors (Lipinski definition) is 0. The molecule has 3 heteroatoms. The van der Waals surface area contributed by atoms with Gasteiger partial charge in [-0.3, -0.25) is 0 Å². The molecule has 20 heavy (non-hydrogen) atoms. The molecule has 3 rings (SSSR count). The molecule has 2 unspecified atom stereocenters. The van der Waals surface area contributed by atoms with E-state index in [0.29, 0.717) is 10.9 Å².